The fourth-order valence-corrected chi connectivity index (χ4v) is 4.07. The molecule has 0 radical (unpaired) electrons. The SMILES string of the molecule is Cc1ccc(S(=O)(=O)OCC2OC(n3cnc4c(=O)[nH]c(N)nc43)C(O)C2O)cc1. The van der Waals surface area contributed by atoms with E-state index in [2.05, 4.69) is 15.0 Å². The van der Waals surface area contributed by atoms with Crippen LogP contribution in [0, 0.1) is 6.92 Å². The number of hydrogen-bond acceptors (Lipinski definition) is 10. The summed E-state index contributed by atoms with van der Waals surface area (Å²) in [4.78, 5) is 22.1. The average molecular weight is 437 g/mol. The van der Waals surface area contributed by atoms with E-state index in [1.165, 1.54) is 23.0 Å². The van der Waals surface area contributed by atoms with Crippen LogP contribution in [0.1, 0.15) is 11.8 Å². The standard InChI is InChI=1S/C17H19N5O7S/c1-8-2-4-9(5-3-8)30(26,27)28-6-10-12(23)13(24)16(29-10)22-7-19-11-14(22)20-17(18)21-15(11)25/h2-5,7,10,12-13,16,23-24H,6H2,1H3,(H3,18,20,21,25). The zero-order valence-corrected chi connectivity index (χ0v) is 16.5. The van der Waals surface area contributed by atoms with E-state index in [-0.39, 0.29) is 22.0 Å². The maximum Gasteiger partial charge on any atom is 0.297 e. The molecule has 160 valence electrons. The summed E-state index contributed by atoms with van der Waals surface area (Å²) >= 11 is 0. The number of aromatic nitrogens is 4. The number of aromatic amines is 1. The molecule has 3 aromatic rings. The molecule has 1 aliphatic rings. The summed E-state index contributed by atoms with van der Waals surface area (Å²) in [5.74, 6) is -0.161. The van der Waals surface area contributed by atoms with Crippen molar-refractivity contribution in [2.45, 2.75) is 36.4 Å². The maximum absolute atomic E-state index is 12.3. The number of anilines is 1. The first kappa shape index (κ1) is 20.4. The van der Waals surface area contributed by atoms with Crippen molar-refractivity contribution < 1.29 is 27.6 Å². The first-order valence-electron chi connectivity index (χ1n) is 8.87. The molecule has 4 rings (SSSR count). The number of ether oxygens (including phenoxy) is 1. The summed E-state index contributed by atoms with van der Waals surface area (Å²) in [5, 5.41) is 20.7. The zero-order valence-electron chi connectivity index (χ0n) is 15.7. The Kier molecular flexibility index (Phi) is 5.07. The summed E-state index contributed by atoms with van der Waals surface area (Å²) in [5.41, 5.74) is 5.87. The van der Waals surface area contributed by atoms with Gasteiger partial charge in [-0.25, -0.2) is 4.98 Å². The van der Waals surface area contributed by atoms with Gasteiger partial charge in [0.05, 0.1) is 17.8 Å². The van der Waals surface area contributed by atoms with E-state index in [9.17, 15) is 23.4 Å². The number of imidazole rings is 1. The summed E-state index contributed by atoms with van der Waals surface area (Å²) in [7, 11) is -4.09. The summed E-state index contributed by atoms with van der Waals surface area (Å²) in [6, 6.07) is 6.06. The minimum absolute atomic E-state index is 0.0314. The molecule has 13 heteroatoms. The van der Waals surface area contributed by atoms with Crippen LogP contribution in [0.5, 0.6) is 0 Å². The molecule has 5 N–H and O–H groups in total. The summed E-state index contributed by atoms with van der Waals surface area (Å²) in [6.07, 6.45) is -4.06. The molecular weight excluding hydrogens is 418 g/mol. The Morgan fingerprint density at radius 3 is 2.67 bits per heavy atom. The normalized spacial score (nSPS) is 24.5. The monoisotopic (exact) mass is 437 g/mol. The molecule has 12 nitrogen and oxygen atoms in total. The minimum atomic E-state index is -4.09. The second-order valence-electron chi connectivity index (χ2n) is 6.87. The number of rotatable bonds is 5. The molecule has 4 atom stereocenters. The van der Waals surface area contributed by atoms with Crippen molar-refractivity contribution in [1.82, 2.24) is 19.5 Å². The second kappa shape index (κ2) is 7.45. The highest BCUT2D eigenvalue weighted by Crippen LogP contribution is 2.31. The molecule has 30 heavy (non-hydrogen) atoms. The van der Waals surface area contributed by atoms with Gasteiger partial charge in [-0.05, 0) is 19.1 Å². The number of nitrogens with zero attached hydrogens (tertiary/aromatic N) is 3. The van der Waals surface area contributed by atoms with Crippen LogP contribution in [0.2, 0.25) is 0 Å². The van der Waals surface area contributed by atoms with Crippen LogP contribution in [-0.2, 0) is 19.0 Å². The maximum atomic E-state index is 12.3. The van der Waals surface area contributed by atoms with E-state index >= 15 is 0 Å². The lowest BCUT2D eigenvalue weighted by Crippen LogP contribution is -2.34. The zero-order chi connectivity index (χ0) is 21.6. The smallest absolute Gasteiger partial charge is 0.297 e. The van der Waals surface area contributed by atoms with Gasteiger partial charge in [0.15, 0.2) is 17.4 Å². The number of fused-ring (bicyclic) bond motifs is 1. The molecule has 1 saturated heterocycles. The van der Waals surface area contributed by atoms with Crippen molar-refractivity contribution >= 4 is 27.2 Å². The van der Waals surface area contributed by atoms with E-state index < -0.39 is 46.8 Å². The van der Waals surface area contributed by atoms with Gasteiger partial charge in [0.25, 0.3) is 15.7 Å². The third-order valence-electron chi connectivity index (χ3n) is 4.76. The van der Waals surface area contributed by atoms with Crippen molar-refractivity contribution in [1.29, 1.82) is 0 Å². The van der Waals surface area contributed by atoms with Crippen molar-refractivity contribution in [2.75, 3.05) is 12.3 Å². The van der Waals surface area contributed by atoms with E-state index in [1.54, 1.807) is 12.1 Å². The lowest BCUT2D eigenvalue weighted by Gasteiger charge is -2.16. The highest BCUT2D eigenvalue weighted by molar-refractivity contribution is 7.86. The Morgan fingerprint density at radius 2 is 1.97 bits per heavy atom. The van der Waals surface area contributed by atoms with Gasteiger partial charge in [0, 0.05) is 0 Å². The number of aliphatic hydroxyl groups excluding tert-OH is 2. The van der Waals surface area contributed by atoms with Crippen molar-refractivity contribution in [3.63, 3.8) is 0 Å². The van der Waals surface area contributed by atoms with Gasteiger partial charge in [-0.3, -0.25) is 18.5 Å². The molecule has 4 unspecified atom stereocenters. The molecule has 1 aromatic carbocycles. The highest BCUT2D eigenvalue weighted by Gasteiger charge is 2.45. The van der Waals surface area contributed by atoms with Gasteiger partial charge in [0.2, 0.25) is 5.95 Å². The van der Waals surface area contributed by atoms with E-state index in [1.807, 2.05) is 6.92 Å². The Morgan fingerprint density at radius 1 is 1.27 bits per heavy atom. The van der Waals surface area contributed by atoms with E-state index in [0.717, 1.165) is 5.56 Å². The largest absolute Gasteiger partial charge is 0.387 e. The fraction of sp³-hybridized carbons (Fsp3) is 0.353. The first-order chi connectivity index (χ1) is 14.2. The Balaban J connectivity index is 1.54. The van der Waals surface area contributed by atoms with Crippen LogP contribution in [0.15, 0.2) is 40.3 Å². The number of benzene rings is 1. The molecule has 0 amide bonds. The lowest BCUT2D eigenvalue weighted by molar-refractivity contribution is -0.0467. The highest BCUT2D eigenvalue weighted by atomic mass is 32.2. The van der Waals surface area contributed by atoms with Gasteiger partial charge >= 0.3 is 0 Å². The van der Waals surface area contributed by atoms with Crippen LogP contribution in [-0.4, -0.2) is 63.1 Å². The number of aryl methyl sites for hydroxylation is 1. The summed E-state index contributed by atoms with van der Waals surface area (Å²) < 4.78 is 36.6. The third-order valence-corrected chi connectivity index (χ3v) is 6.06. The number of H-pyrrole nitrogens is 1. The Hall–Kier alpha value is -2.84. The van der Waals surface area contributed by atoms with Gasteiger partial charge < -0.3 is 20.7 Å². The molecule has 0 spiro atoms. The molecule has 0 aliphatic carbocycles. The molecule has 0 bridgehead atoms. The van der Waals surface area contributed by atoms with Gasteiger partial charge in [-0.1, -0.05) is 17.7 Å². The van der Waals surface area contributed by atoms with E-state index in [0.29, 0.717) is 0 Å². The second-order valence-corrected chi connectivity index (χ2v) is 8.49. The number of hydrogen-bond donors (Lipinski definition) is 4. The minimum Gasteiger partial charge on any atom is -0.387 e. The number of nitrogens with two attached hydrogens (primary N) is 1. The summed E-state index contributed by atoms with van der Waals surface area (Å²) in [6.45, 7) is 1.28. The predicted molar refractivity (Wildman–Crippen MR) is 103 cm³/mol. The van der Waals surface area contributed by atoms with Gasteiger partial charge in [-0.15, -0.1) is 0 Å². The Bertz CT molecular complexity index is 1240. The quantitative estimate of drug-likeness (QED) is 0.362. The topological polar surface area (TPSA) is 183 Å². The number of nitrogens with one attached hydrogen (secondary N) is 1. The molecular formula is C17H19N5O7S. The first-order valence-corrected chi connectivity index (χ1v) is 10.3. The van der Waals surface area contributed by atoms with Crippen LogP contribution in [0.3, 0.4) is 0 Å². The van der Waals surface area contributed by atoms with Crippen LogP contribution in [0.25, 0.3) is 11.2 Å². The third kappa shape index (κ3) is 3.57. The molecule has 0 saturated carbocycles. The lowest BCUT2D eigenvalue weighted by atomic mass is 10.1. The molecule has 1 fully saturated rings. The number of nitrogen functional groups attached to an aromatic ring is 1. The van der Waals surface area contributed by atoms with Crippen LogP contribution < -0.4 is 11.3 Å². The predicted octanol–water partition coefficient (Wildman–Crippen LogP) is -0.965. The van der Waals surface area contributed by atoms with Crippen molar-refractivity contribution in [3.8, 4) is 0 Å². The molecule has 1 aliphatic heterocycles. The Labute approximate surface area is 170 Å². The average Bonchev–Trinajstić information content (AvgIpc) is 3.22. The number of aliphatic hydroxyl groups is 2. The van der Waals surface area contributed by atoms with Crippen LogP contribution in [0.4, 0.5) is 5.95 Å². The molecule has 2 aromatic heterocycles. The molecule has 3 heterocycles. The van der Waals surface area contributed by atoms with Crippen LogP contribution >= 0.6 is 0 Å². The van der Waals surface area contributed by atoms with E-state index in [4.69, 9.17) is 14.7 Å². The van der Waals surface area contributed by atoms with Gasteiger partial charge in [-0.2, -0.15) is 13.4 Å². The van der Waals surface area contributed by atoms with Crippen molar-refractivity contribution in [3.05, 3.63) is 46.5 Å². The van der Waals surface area contributed by atoms with Crippen molar-refractivity contribution in [2.24, 2.45) is 0 Å². The fourth-order valence-electron chi connectivity index (χ4n) is 3.16. The van der Waals surface area contributed by atoms with Gasteiger partial charge in [0.1, 0.15) is 18.3 Å².